The fraction of sp³-hybridized carbons (Fsp3) is 0.143. The van der Waals surface area contributed by atoms with Crippen LogP contribution in [0.4, 0.5) is 4.39 Å². The first-order valence-corrected chi connectivity index (χ1v) is 6.08. The minimum atomic E-state index is -0.237. The SMILES string of the molecule is Cc1cc(Br)ccc1OCc1cccc(F)c1. The van der Waals surface area contributed by atoms with Crippen LogP contribution in [0.15, 0.2) is 46.9 Å². The molecule has 0 atom stereocenters. The van der Waals surface area contributed by atoms with Gasteiger partial charge < -0.3 is 4.74 Å². The Balaban J connectivity index is 2.07. The van der Waals surface area contributed by atoms with E-state index in [4.69, 9.17) is 4.74 Å². The van der Waals surface area contributed by atoms with Gasteiger partial charge in [0.15, 0.2) is 0 Å². The third-order valence-corrected chi connectivity index (χ3v) is 2.91. The first-order valence-electron chi connectivity index (χ1n) is 5.28. The summed E-state index contributed by atoms with van der Waals surface area (Å²) in [6.07, 6.45) is 0. The highest BCUT2D eigenvalue weighted by atomic mass is 79.9. The number of ether oxygens (including phenoxy) is 1. The van der Waals surface area contributed by atoms with Crippen molar-refractivity contribution < 1.29 is 9.13 Å². The molecule has 0 aliphatic carbocycles. The molecule has 0 aliphatic rings. The van der Waals surface area contributed by atoms with Gasteiger partial charge in [0.1, 0.15) is 18.2 Å². The average Bonchev–Trinajstić information content (AvgIpc) is 2.28. The number of halogens is 2. The highest BCUT2D eigenvalue weighted by Gasteiger charge is 2.01. The van der Waals surface area contributed by atoms with E-state index in [1.165, 1.54) is 12.1 Å². The first kappa shape index (κ1) is 12.1. The van der Waals surface area contributed by atoms with Crippen molar-refractivity contribution in [3.63, 3.8) is 0 Å². The van der Waals surface area contributed by atoms with E-state index in [2.05, 4.69) is 15.9 Å². The Bertz CT molecular complexity index is 525. The summed E-state index contributed by atoms with van der Waals surface area (Å²) in [5.74, 6) is 0.580. The molecule has 0 unspecified atom stereocenters. The summed E-state index contributed by atoms with van der Waals surface area (Å²) in [5.41, 5.74) is 1.88. The molecule has 2 aromatic rings. The van der Waals surface area contributed by atoms with Crippen LogP contribution in [-0.2, 0) is 6.61 Å². The highest BCUT2D eigenvalue weighted by molar-refractivity contribution is 9.10. The maximum Gasteiger partial charge on any atom is 0.123 e. The zero-order chi connectivity index (χ0) is 12.3. The van der Waals surface area contributed by atoms with Crippen LogP contribution in [0.25, 0.3) is 0 Å². The topological polar surface area (TPSA) is 9.23 Å². The molecule has 0 fully saturated rings. The lowest BCUT2D eigenvalue weighted by Crippen LogP contribution is -1.97. The zero-order valence-electron chi connectivity index (χ0n) is 9.41. The first-order chi connectivity index (χ1) is 8.15. The van der Waals surface area contributed by atoms with Crippen molar-refractivity contribution in [2.24, 2.45) is 0 Å². The molecular formula is C14H12BrFO. The van der Waals surface area contributed by atoms with Gasteiger partial charge in [0.25, 0.3) is 0 Å². The molecule has 0 saturated carbocycles. The summed E-state index contributed by atoms with van der Waals surface area (Å²) in [6.45, 7) is 2.35. The van der Waals surface area contributed by atoms with Crippen LogP contribution in [0.5, 0.6) is 5.75 Å². The quantitative estimate of drug-likeness (QED) is 0.811. The second-order valence-corrected chi connectivity index (χ2v) is 4.74. The van der Waals surface area contributed by atoms with E-state index in [1.54, 1.807) is 6.07 Å². The molecule has 0 aromatic heterocycles. The Hall–Kier alpha value is -1.35. The van der Waals surface area contributed by atoms with E-state index < -0.39 is 0 Å². The number of hydrogen-bond donors (Lipinski definition) is 0. The summed E-state index contributed by atoms with van der Waals surface area (Å²) < 4.78 is 19.6. The van der Waals surface area contributed by atoms with Crippen LogP contribution in [0, 0.1) is 12.7 Å². The van der Waals surface area contributed by atoms with Gasteiger partial charge in [-0.1, -0.05) is 28.1 Å². The van der Waals surface area contributed by atoms with Crippen molar-refractivity contribution in [2.75, 3.05) is 0 Å². The van der Waals surface area contributed by atoms with Gasteiger partial charge in [0.2, 0.25) is 0 Å². The van der Waals surface area contributed by atoms with Crippen molar-refractivity contribution >= 4 is 15.9 Å². The summed E-state index contributed by atoms with van der Waals surface area (Å²) >= 11 is 3.40. The lowest BCUT2D eigenvalue weighted by atomic mass is 10.2. The monoisotopic (exact) mass is 294 g/mol. The highest BCUT2D eigenvalue weighted by Crippen LogP contribution is 2.23. The predicted molar refractivity (Wildman–Crippen MR) is 69.6 cm³/mol. The summed E-state index contributed by atoms with van der Waals surface area (Å²) in [5, 5.41) is 0. The Morgan fingerprint density at radius 3 is 2.71 bits per heavy atom. The fourth-order valence-electron chi connectivity index (χ4n) is 1.56. The Morgan fingerprint density at radius 2 is 2.00 bits per heavy atom. The van der Waals surface area contributed by atoms with Gasteiger partial charge in [0.05, 0.1) is 0 Å². The number of benzene rings is 2. The molecule has 2 aromatic carbocycles. The Morgan fingerprint density at radius 1 is 1.18 bits per heavy atom. The van der Waals surface area contributed by atoms with Gasteiger partial charge >= 0.3 is 0 Å². The molecule has 0 radical (unpaired) electrons. The molecule has 0 spiro atoms. The molecule has 0 N–H and O–H groups in total. The van der Waals surface area contributed by atoms with E-state index in [-0.39, 0.29) is 5.82 Å². The van der Waals surface area contributed by atoms with Crippen molar-refractivity contribution in [1.29, 1.82) is 0 Å². The number of hydrogen-bond acceptors (Lipinski definition) is 1. The maximum atomic E-state index is 13.0. The third-order valence-electron chi connectivity index (χ3n) is 2.42. The molecule has 2 rings (SSSR count). The molecule has 0 amide bonds. The van der Waals surface area contributed by atoms with Crippen LogP contribution < -0.4 is 4.74 Å². The Kier molecular flexibility index (Phi) is 3.79. The van der Waals surface area contributed by atoms with Gasteiger partial charge in [-0.05, 0) is 48.4 Å². The summed E-state index contributed by atoms with van der Waals surface area (Å²) in [7, 11) is 0. The summed E-state index contributed by atoms with van der Waals surface area (Å²) in [6, 6.07) is 12.2. The van der Waals surface area contributed by atoms with Crippen molar-refractivity contribution in [3.8, 4) is 5.75 Å². The molecular weight excluding hydrogens is 283 g/mol. The van der Waals surface area contributed by atoms with Gasteiger partial charge in [-0.25, -0.2) is 4.39 Å². The molecule has 0 bridgehead atoms. The van der Waals surface area contributed by atoms with Crippen molar-refractivity contribution in [2.45, 2.75) is 13.5 Å². The maximum absolute atomic E-state index is 13.0. The van der Waals surface area contributed by atoms with E-state index in [9.17, 15) is 4.39 Å². The third kappa shape index (κ3) is 3.30. The minimum absolute atomic E-state index is 0.237. The van der Waals surface area contributed by atoms with Gasteiger partial charge in [-0.2, -0.15) is 0 Å². The minimum Gasteiger partial charge on any atom is -0.489 e. The van der Waals surface area contributed by atoms with E-state index in [1.807, 2.05) is 31.2 Å². The van der Waals surface area contributed by atoms with Crippen molar-refractivity contribution in [3.05, 3.63) is 63.9 Å². The average molecular weight is 295 g/mol. The van der Waals surface area contributed by atoms with E-state index >= 15 is 0 Å². The van der Waals surface area contributed by atoms with Crippen LogP contribution in [-0.4, -0.2) is 0 Å². The Labute approximate surface area is 108 Å². The zero-order valence-corrected chi connectivity index (χ0v) is 11.0. The smallest absolute Gasteiger partial charge is 0.123 e. The lowest BCUT2D eigenvalue weighted by Gasteiger charge is -2.09. The van der Waals surface area contributed by atoms with Crippen molar-refractivity contribution in [1.82, 2.24) is 0 Å². The molecule has 17 heavy (non-hydrogen) atoms. The number of rotatable bonds is 3. The molecule has 0 heterocycles. The molecule has 1 nitrogen and oxygen atoms in total. The number of aryl methyl sites for hydroxylation is 1. The van der Waals surface area contributed by atoms with Gasteiger partial charge in [-0.3, -0.25) is 0 Å². The van der Waals surface area contributed by atoms with Crippen LogP contribution in [0.2, 0.25) is 0 Å². The second-order valence-electron chi connectivity index (χ2n) is 3.83. The van der Waals surface area contributed by atoms with Gasteiger partial charge in [-0.15, -0.1) is 0 Å². The standard InChI is InChI=1S/C14H12BrFO/c1-10-7-12(15)5-6-14(10)17-9-11-3-2-4-13(16)8-11/h2-8H,9H2,1H3. The van der Waals surface area contributed by atoms with Crippen LogP contribution >= 0.6 is 15.9 Å². The molecule has 0 aliphatic heterocycles. The lowest BCUT2D eigenvalue weighted by molar-refractivity contribution is 0.303. The van der Waals surface area contributed by atoms with E-state index in [0.717, 1.165) is 21.3 Å². The second kappa shape index (κ2) is 5.32. The molecule has 3 heteroatoms. The normalized spacial score (nSPS) is 10.3. The van der Waals surface area contributed by atoms with E-state index in [0.29, 0.717) is 6.61 Å². The fourth-order valence-corrected chi connectivity index (χ4v) is 2.04. The summed E-state index contributed by atoms with van der Waals surface area (Å²) in [4.78, 5) is 0. The van der Waals surface area contributed by atoms with Crippen LogP contribution in [0.1, 0.15) is 11.1 Å². The molecule has 88 valence electrons. The van der Waals surface area contributed by atoms with Gasteiger partial charge in [0, 0.05) is 4.47 Å². The largest absolute Gasteiger partial charge is 0.489 e. The predicted octanol–water partition coefficient (Wildman–Crippen LogP) is 4.48. The molecule has 0 saturated heterocycles. The van der Waals surface area contributed by atoms with Crippen LogP contribution in [0.3, 0.4) is 0 Å².